The van der Waals surface area contributed by atoms with Gasteiger partial charge in [0.2, 0.25) is 5.88 Å². The average molecular weight is 318 g/mol. The highest BCUT2D eigenvalue weighted by molar-refractivity contribution is 9.10. The number of ether oxygens (including phenoxy) is 1. The minimum atomic E-state index is -0.444. The van der Waals surface area contributed by atoms with Crippen molar-refractivity contribution in [2.75, 3.05) is 0 Å². The van der Waals surface area contributed by atoms with Crippen molar-refractivity contribution in [3.63, 3.8) is 0 Å². The Morgan fingerprint density at radius 2 is 2.12 bits per heavy atom. The van der Waals surface area contributed by atoms with Crippen LogP contribution in [0.2, 0.25) is 0 Å². The molecule has 0 bridgehead atoms. The molecule has 2 aromatic heterocycles. The van der Waals surface area contributed by atoms with Gasteiger partial charge in [-0.2, -0.15) is 0 Å². The fourth-order valence-corrected chi connectivity index (χ4v) is 1.75. The Balaban J connectivity index is 2.29. The van der Waals surface area contributed by atoms with Gasteiger partial charge < -0.3 is 4.74 Å². The lowest BCUT2D eigenvalue weighted by Crippen LogP contribution is -1.94. The summed E-state index contributed by atoms with van der Waals surface area (Å²) in [5.41, 5.74) is 0.492. The van der Waals surface area contributed by atoms with Crippen LogP contribution >= 0.6 is 27.5 Å². The zero-order valence-electron chi connectivity index (χ0n) is 8.53. The smallest absolute Gasteiger partial charge is 0.223 e. The van der Waals surface area contributed by atoms with Crippen LogP contribution < -0.4 is 4.74 Å². The lowest BCUT2D eigenvalue weighted by molar-refractivity contribution is 0.452. The fraction of sp³-hybridized carbons (Fsp3) is 0.0909. The van der Waals surface area contributed by atoms with E-state index < -0.39 is 5.82 Å². The van der Waals surface area contributed by atoms with Gasteiger partial charge in [-0.3, -0.25) is 4.98 Å². The van der Waals surface area contributed by atoms with Crippen LogP contribution in [0.1, 0.15) is 5.56 Å². The minimum absolute atomic E-state index is 0.127. The maximum absolute atomic E-state index is 12.9. The van der Waals surface area contributed by atoms with Crippen LogP contribution in [0.25, 0.3) is 0 Å². The minimum Gasteiger partial charge on any atom is -0.437 e. The number of rotatable bonds is 3. The number of alkyl halides is 1. The molecule has 0 aliphatic carbocycles. The molecule has 0 spiro atoms. The normalized spacial score (nSPS) is 10.3. The summed E-state index contributed by atoms with van der Waals surface area (Å²) in [6, 6.07) is 3.02. The van der Waals surface area contributed by atoms with Gasteiger partial charge in [0.05, 0.1) is 18.3 Å². The van der Waals surface area contributed by atoms with Crippen LogP contribution in [0.4, 0.5) is 4.39 Å². The third kappa shape index (κ3) is 3.14. The molecule has 0 radical (unpaired) electrons. The summed E-state index contributed by atoms with van der Waals surface area (Å²) in [7, 11) is 0. The molecule has 0 saturated heterocycles. The number of halogens is 3. The fourth-order valence-electron chi connectivity index (χ4n) is 1.22. The van der Waals surface area contributed by atoms with E-state index >= 15 is 0 Å². The molecule has 88 valence electrons. The van der Waals surface area contributed by atoms with E-state index in [1.807, 2.05) is 0 Å². The molecule has 2 aromatic rings. The van der Waals surface area contributed by atoms with Gasteiger partial charge in [-0.1, -0.05) is 0 Å². The highest BCUT2D eigenvalue weighted by Crippen LogP contribution is 2.25. The third-order valence-electron chi connectivity index (χ3n) is 1.93. The first kappa shape index (κ1) is 12.3. The maximum atomic E-state index is 12.9. The van der Waals surface area contributed by atoms with Crippen LogP contribution in [0.3, 0.4) is 0 Å². The Hall–Kier alpha value is -1.20. The second kappa shape index (κ2) is 5.42. The quantitative estimate of drug-likeness (QED) is 0.805. The third-order valence-corrected chi connectivity index (χ3v) is 2.65. The molecule has 17 heavy (non-hydrogen) atoms. The lowest BCUT2D eigenvalue weighted by atomic mass is 10.3. The molecule has 0 saturated carbocycles. The van der Waals surface area contributed by atoms with E-state index in [4.69, 9.17) is 16.3 Å². The Labute approximate surface area is 111 Å². The number of nitrogens with zero attached hydrogens (tertiary/aromatic N) is 2. The molecule has 0 N–H and O–H groups in total. The van der Waals surface area contributed by atoms with Crippen LogP contribution in [-0.4, -0.2) is 9.97 Å². The molecule has 0 fully saturated rings. The molecule has 3 nitrogen and oxygen atoms in total. The molecule has 6 heteroatoms. The van der Waals surface area contributed by atoms with Crippen molar-refractivity contribution in [3.8, 4) is 11.6 Å². The molecule has 0 aliphatic rings. The van der Waals surface area contributed by atoms with Gasteiger partial charge in [-0.15, -0.1) is 11.6 Å². The van der Waals surface area contributed by atoms with Crippen molar-refractivity contribution in [3.05, 3.63) is 46.6 Å². The monoisotopic (exact) mass is 316 g/mol. The first-order chi connectivity index (χ1) is 8.19. The van der Waals surface area contributed by atoms with Gasteiger partial charge in [0.1, 0.15) is 11.6 Å². The zero-order chi connectivity index (χ0) is 12.3. The van der Waals surface area contributed by atoms with Gasteiger partial charge in [-0.25, -0.2) is 9.37 Å². The molecular formula is C11H7BrClFN2O. The van der Waals surface area contributed by atoms with E-state index in [2.05, 4.69) is 25.9 Å². The van der Waals surface area contributed by atoms with E-state index in [9.17, 15) is 4.39 Å². The molecule has 0 amide bonds. The summed E-state index contributed by atoms with van der Waals surface area (Å²) >= 11 is 8.96. The number of pyridine rings is 2. The van der Waals surface area contributed by atoms with Gasteiger partial charge in [0, 0.05) is 16.2 Å². The Bertz CT molecular complexity index is 539. The highest BCUT2D eigenvalue weighted by atomic mass is 79.9. The van der Waals surface area contributed by atoms with Crippen molar-refractivity contribution in [2.45, 2.75) is 5.88 Å². The van der Waals surface area contributed by atoms with Crippen molar-refractivity contribution < 1.29 is 9.13 Å². The van der Waals surface area contributed by atoms with Gasteiger partial charge in [0.25, 0.3) is 0 Å². The topological polar surface area (TPSA) is 35.0 Å². The highest BCUT2D eigenvalue weighted by Gasteiger charge is 2.08. The molecule has 0 aliphatic heterocycles. The molecule has 0 aromatic carbocycles. The predicted molar refractivity (Wildman–Crippen MR) is 65.8 cm³/mol. The summed E-state index contributed by atoms with van der Waals surface area (Å²) < 4.78 is 19.2. The van der Waals surface area contributed by atoms with E-state index in [1.165, 1.54) is 12.3 Å². The number of aromatic nitrogens is 2. The second-order valence-corrected chi connectivity index (χ2v) is 4.38. The van der Waals surface area contributed by atoms with Crippen LogP contribution in [0.15, 0.2) is 35.2 Å². The summed E-state index contributed by atoms with van der Waals surface area (Å²) in [5, 5.41) is 0. The van der Waals surface area contributed by atoms with Crippen LogP contribution in [-0.2, 0) is 5.88 Å². The van der Waals surface area contributed by atoms with Crippen LogP contribution in [0, 0.1) is 5.82 Å². The van der Waals surface area contributed by atoms with Gasteiger partial charge >= 0.3 is 0 Å². The van der Waals surface area contributed by atoms with Crippen molar-refractivity contribution in [1.82, 2.24) is 9.97 Å². The molecular weight excluding hydrogens is 310 g/mol. The van der Waals surface area contributed by atoms with E-state index in [0.29, 0.717) is 11.3 Å². The Morgan fingerprint density at radius 3 is 2.82 bits per heavy atom. The van der Waals surface area contributed by atoms with Crippen molar-refractivity contribution in [1.29, 1.82) is 0 Å². The van der Waals surface area contributed by atoms with E-state index in [1.54, 1.807) is 12.3 Å². The Morgan fingerprint density at radius 1 is 1.29 bits per heavy atom. The van der Waals surface area contributed by atoms with Crippen molar-refractivity contribution in [2.24, 2.45) is 0 Å². The standard InChI is InChI=1S/C11H7BrClFN2O/c12-8-2-10(6-15-4-8)17-11-7(3-13)1-9(14)5-16-11/h1-2,4-6H,3H2. The lowest BCUT2D eigenvalue weighted by Gasteiger charge is -2.07. The second-order valence-electron chi connectivity index (χ2n) is 3.19. The zero-order valence-corrected chi connectivity index (χ0v) is 10.9. The van der Waals surface area contributed by atoms with Crippen LogP contribution in [0.5, 0.6) is 11.6 Å². The molecule has 0 unspecified atom stereocenters. The number of hydrogen-bond acceptors (Lipinski definition) is 3. The molecule has 2 rings (SSSR count). The Kier molecular flexibility index (Phi) is 3.91. The first-order valence-electron chi connectivity index (χ1n) is 4.68. The summed E-state index contributed by atoms with van der Waals surface area (Å²) in [6.45, 7) is 0. The summed E-state index contributed by atoms with van der Waals surface area (Å²) in [5.74, 6) is 0.466. The van der Waals surface area contributed by atoms with E-state index in [0.717, 1.165) is 10.7 Å². The maximum Gasteiger partial charge on any atom is 0.223 e. The van der Waals surface area contributed by atoms with Gasteiger partial charge in [0.15, 0.2) is 0 Å². The molecule has 0 atom stereocenters. The number of hydrogen-bond donors (Lipinski definition) is 0. The summed E-state index contributed by atoms with van der Waals surface area (Å²) in [4.78, 5) is 7.80. The first-order valence-corrected chi connectivity index (χ1v) is 6.00. The summed E-state index contributed by atoms with van der Waals surface area (Å²) in [6.07, 6.45) is 4.25. The molecule has 2 heterocycles. The predicted octanol–water partition coefficient (Wildman–Crippen LogP) is 3.91. The average Bonchev–Trinajstić information content (AvgIpc) is 2.31. The van der Waals surface area contributed by atoms with Gasteiger partial charge in [-0.05, 0) is 28.1 Å². The largest absolute Gasteiger partial charge is 0.437 e. The van der Waals surface area contributed by atoms with Crippen molar-refractivity contribution >= 4 is 27.5 Å². The van der Waals surface area contributed by atoms with E-state index in [-0.39, 0.29) is 11.8 Å². The SMILES string of the molecule is Fc1cnc(Oc2cncc(Br)c2)c(CCl)c1.